The maximum absolute atomic E-state index is 12.6. The third kappa shape index (κ3) is 5.30. The fourth-order valence-electron chi connectivity index (χ4n) is 3.93. The molecule has 2 fully saturated rings. The third-order valence-corrected chi connectivity index (χ3v) is 5.42. The zero-order valence-corrected chi connectivity index (χ0v) is 15.7. The topological polar surface area (TPSA) is 95.7 Å². The minimum absolute atomic E-state index is 0.0849. The van der Waals surface area contributed by atoms with E-state index in [1.165, 1.54) is 4.68 Å². The van der Waals surface area contributed by atoms with Gasteiger partial charge in [-0.1, -0.05) is 6.42 Å². The molecular weight excluding hydrogens is 348 g/mol. The molecular formula is C19H28N4O4. The van der Waals surface area contributed by atoms with Crippen LogP contribution in [0, 0.1) is 0 Å². The smallest absolute Gasteiger partial charge is 0.325 e. The first-order valence-corrected chi connectivity index (χ1v) is 9.83. The molecule has 1 atom stereocenters. The molecule has 8 nitrogen and oxygen atoms in total. The molecule has 8 heteroatoms. The zero-order chi connectivity index (χ0) is 19.2. The second-order valence-corrected chi connectivity index (χ2v) is 7.45. The van der Waals surface area contributed by atoms with Crippen molar-refractivity contribution < 1.29 is 19.5 Å². The van der Waals surface area contributed by atoms with Gasteiger partial charge in [0.05, 0.1) is 5.69 Å². The summed E-state index contributed by atoms with van der Waals surface area (Å²) in [5.41, 5.74) is 0.844. The largest absolute Gasteiger partial charge is 0.480 e. The summed E-state index contributed by atoms with van der Waals surface area (Å²) in [6.07, 6.45) is 7.54. The molecule has 0 bridgehead atoms. The quantitative estimate of drug-likeness (QED) is 0.811. The molecule has 1 unspecified atom stereocenters. The van der Waals surface area contributed by atoms with Gasteiger partial charge in [0.15, 0.2) is 0 Å². The highest BCUT2D eigenvalue weighted by Crippen LogP contribution is 2.26. The van der Waals surface area contributed by atoms with Crippen molar-refractivity contribution in [3.8, 4) is 0 Å². The number of amides is 2. The molecule has 2 aliphatic rings. The maximum atomic E-state index is 12.6. The number of aromatic nitrogens is 2. The molecule has 1 N–H and O–H groups in total. The Kier molecular flexibility index (Phi) is 6.47. The van der Waals surface area contributed by atoms with Crippen LogP contribution in [0.2, 0.25) is 0 Å². The minimum atomic E-state index is -0.923. The number of likely N-dealkylation sites (tertiary alicyclic amines) is 2. The van der Waals surface area contributed by atoms with E-state index >= 15 is 0 Å². The first kappa shape index (κ1) is 19.4. The average Bonchev–Trinajstić information content (AvgIpc) is 3.01. The van der Waals surface area contributed by atoms with Crippen LogP contribution in [-0.2, 0) is 20.9 Å². The van der Waals surface area contributed by atoms with Crippen LogP contribution in [0.3, 0.4) is 0 Å². The van der Waals surface area contributed by atoms with Crippen LogP contribution in [-0.4, -0.2) is 68.6 Å². The van der Waals surface area contributed by atoms with Crippen LogP contribution in [0.5, 0.6) is 0 Å². The van der Waals surface area contributed by atoms with Crippen molar-refractivity contribution in [1.82, 2.24) is 19.6 Å². The lowest BCUT2D eigenvalue weighted by atomic mass is 9.95. The number of hydrogen-bond donors (Lipinski definition) is 1. The van der Waals surface area contributed by atoms with Crippen molar-refractivity contribution in [2.45, 2.75) is 57.4 Å². The number of hydrogen-bond acceptors (Lipinski definition) is 4. The SMILES string of the molecule is O=C(O)Cn1ccc(C2CCCN(C(=O)CCN3CCCCCC3=O)C2)n1. The Morgan fingerprint density at radius 3 is 2.85 bits per heavy atom. The second kappa shape index (κ2) is 9.01. The molecule has 2 amide bonds. The number of aliphatic carboxylic acids is 1. The summed E-state index contributed by atoms with van der Waals surface area (Å²) < 4.78 is 1.42. The summed E-state index contributed by atoms with van der Waals surface area (Å²) in [5, 5.41) is 13.2. The minimum Gasteiger partial charge on any atom is -0.480 e. The molecule has 3 heterocycles. The summed E-state index contributed by atoms with van der Waals surface area (Å²) in [7, 11) is 0. The summed E-state index contributed by atoms with van der Waals surface area (Å²) >= 11 is 0. The van der Waals surface area contributed by atoms with Crippen molar-refractivity contribution in [1.29, 1.82) is 0 Å². The highest BCUT2D eigenvalue weighted by Gasteiger charge is 2.27. The number of rotatable bonds is 6. The summed E-state index contributed by atoms with van der Waals surface area (Å²) in [4.78, 5) is 39.2. The van der Waals surface area contributed by atoms with Crippen molar-refractivity contribution in [3.63, 3.8) is 0 Å². The van der Waals surface area contributed by atoms with Crippen LogP contribution in [0.25, 0.3) is 0 Å². The fraction of sp³-hybridized carbons (Fsp3) is 0.684. The summed E-state index contributed by atoms with van der Waals surface area (Å²) in [6, 6.07) is 1.84. The third-order valence-electron chi connectivity index (χ3n) is 5.42. The molecule has 0 aliphatic carbocycles. The monoisotopic (exact) mass is 376 g/mol. The van der Waals surface area contributed by atoms with Gasteiger partial charge in [0.25, 0.3) is 0 Å². The van der Waals surface area contributed by atoms with E-state index in [9.17, 15) is 14.4 Å². The number of carboxylic acids is 1. The molecule has 27 heavy (non-hydrogen) atoms. The molecule has 1 aromatic rings. The first-order chi connectivity index (χ1) is 13.0. The maximum Gasteiger partial charge on any atom is 0.325 e. The number of carbonyl (C=O) groups excluding carboxylic acids is 2. The van der Waals surface area contributed by atoms with Gasteiger partial charge in [-0.05, 0) is 31.7 Å². The van der Waals surface area contributed by atoms with E-state index in [2.05, 4.69) is 5.10 Å². The molecule has 2 aliphatic heterocycles. The number of nitrogens with zero attached hydrogens (tertiary/aromatic N) is 4. The van der Waals surface area contributed by atoms with Crippen LogP contribution in [0.1, 0.15) is 56.6 Å². The molecule has 0 radical (unpaired) electrons. The lowest BCUT2D eigenvalue weighted by molar-refractivity contribution is -0.138. The first-order valence-electron chi connectivity index (χ1n) is 9.83. The lowest BCUT2D eigenvalue weighted by Gasteiger charge is -2.32. The normalized spacial score (nSPS) is 21.2. The van der Waals surface area contributed by atoms with Gasteiger partial charge in [-0.25, -0.2) is 0 Å². The zero-order valence-electron chi connectivity index (χ0n) is 15.7. The van der Waals surface area contributed by atoms with Gasteiger partial charge in [0.1, 0.15) is 6.54 Å². The van der Waals surface area contributed by atoms with Crippen molar-refractivity contribution >= 4 is 17.8 Å². The Balaban J connectivity index is 1.52. The molecule has 0 aromatic carbocycles. The number of carbonyl (C=O) groups is 3. The van der Waals surface area contributed by atoms with Crippen LogP contribution in [0.15, 0.2) is 12.3 Å². The van der Waals surface area contributed by atoms with Crippen molar-refractivity contribution in [3.05, 3.63) is 18.0 Å². The van der Waals surface area contributed by atoms with Crippen molar-refractivity contribution in [2.24, 2.45) is 0 Å². The highest BCUT2D eigenvalue weighted by atomic mass is 16.4. The Morgan fingerprint density at radius 1 is 1.19 bits per heavy atom. The predicted octanol–water partition coefficient (Wildman–Crippen LogP) is 1.47. The van der Waals surface area contributed by atoms with E-state index in [0.717, 1.165) is 50.9 Å². The lowest BCUT2D eigenvalue weighted by Crippen LogP contribution is -2.41. The van der Waals surface area contributed by atoms with Crippen molar-refractivity contribution in [2.75, 3.05) is 26.2 Å². The highest BCUT2D eigenvalue weighted by molar-refractivity contribution is 5.79. The van der Waals surface area contributed by atoms with Crippen LogP contribution >= 0.6 is 0 Å². The molecule has 3 rings (SSSR count). The van der Waals surface area contributed by atoms with Gasteiger partial charge in [-0.3, -0.25) is 19.1 Å². The van der Waals surface area contributed by atoms with Gasteiger partial charge in [-0.2, -0.15) is 5.10 Å². The van der Waals surface area contributed by atoms with Gasteiger partial charge in [0.2, 0.25) is 11.8 Å². The Bertz CT molecular complexity index is 687. The number of carboxylic acid groups (broad SMARTS) is 1. The van der Waals surface area contributed by atoms with Gasteiger partial charge in [-0.15, -0.1) is 0 Å². The molecule has 1 aromatic heterocycles. The Labute approximate surface area is 159 Å². The molecule has 148 valence electrons. The molecule has 2 saturated heterocycles. The summed E-state index contributed by atoms with van der Waals surface area (Å²) in [5.74, 6) is -0.534. The van der Waals surface area contributed by atoms with E-state index in [4.69, 9.17) is 5.11 Å². The second-order valence-electron chi connectivity index (χ2n) is 7.45. The Morgan fingerprint density at radius 2 is 2.04 bits per heavy atom. The standard InChI is InChI=1S/C19H28N4O4/c24-17-6-2-1-3-9-21(17)11-8-18(25)22-10-4-5-15(13-22)16-7-12-23(20-16)14-19(26)27/h7,12,15H,1-6,8-11,13-14H2,(H,26,27). The van der Waals surface area contributed by atoms with E-state index < -0.39 is 5.97 Å². The van der Waals surface area contributed by atoms with Gasteiger partial charge >= 0.3 is 5.97 Å². The number of piperidine rings is 1. The van der Waals surface area contributed by atoms with E-state index in [1.807, 2.05) is 15.9 Å². The van der Waals surface area contributed by atoms with E-state index in [-0.39, 0.29) is 24.3 Å². The average molecular weight is 376 g/mol. The van der Waals surface area contributed by atoms with Crippen LogP contribution in [0.4, 0.5) is 0 Å². The van der Waals surface area contributed by atoms with E-state index in [0.29, 0.717) is 25.9 Å². The van der Waals surface area contributed by atoms with Gasteiger partial charge in [0, 0.05) is 51.1 Å². The summed E-state index contributed by atoms with van der Waals surface area (Å²) in [6.45, 7) is 2.46. The molecule has 0 spiro atoms. The predicted molar refractivity (Wildman–Crippen MR) is 98.1 cm³/mol. The van der Waals surface area contributed by atoms with Gasteiger partial charge < -0.3 is 14.9 Å². The van der Waals surface area contributed by atoms with Crippen LogP contribution < -0.4 is 0 Å². The van der Waals surface area contributed by atoms with E-state index in [1.54, 1.807) is 6.20 Å². The Hall–Kier alpha value is -2.38. The molecule has 0 saturated carbocycles. The fourth-order valence-corrected chi connectivity index (χ4v) is 3.93.